The van der Waals surface area contributed by atoms with Gasteiger partial charge in [-0.25, -0.2) is 0 Å². The first-order valence-electron chi connectivity index (χ1n) is 11.3. The Kier molecular flexibility index (Phi) is 14.9. The van der Waals surface area contributed by atoms with Crippen LogP contribution in [0.1, 0.15) is 97.3 Å². The van der Waals surface area contributed by atoms with E-state index in [1.165, 1.54) is 70.6 Å². The van der Waals surface area contributed by atoms with Crippen molar-refractivity contribution in [1.82, 2.24) is 4.90 Å². The fourth-order valence-electron chi connectivity index (χ4n) is 3.76. The Morgan fingerprint density at radius 2 is 1.35 bits per heavy atom. The summed E-state index contributed by atoms with van der Waals surface area (Å²) in [7, 11) is 0. The zero-order chi connectivity index (χ0) is 18.9. The lowest BCUT2D eigenvalue weighted by Gasteiger charge is -2.33. The quantitative estimate of drug-likeness (QED) is 0.272. The molecule has 0 aromatic carbocycles. The number of rotatable bonds is 16. The number of hydrogen-bond acceptors (Lipinski definition) is 4. The smallest absolute Gasteiger partial charge is 0.323 e. The second kappa shape index (κ2) is 16.6. The van der Waals surface area contributed by atoms with Crippen LogP contribution >= 0.6 is 0 Å². The minimum Gasteiger partial charge on any atom is -0.465 e. The summed E-state index contributed by atoms with van der Waals surface area (Å²) in [5.74, 6) is -0.0440. The van der Waals surface area contributed by atoms with Crippen molar-refractivity contribution in [2.24, 2.45) is 0 Å². The summed E-state index contributed by atoms with van der Waals surface area (Å²) in [4.78, 5) is 14.5. The van der Waals surface area contributed by atoms with Crippen LogP contribution in [0.2, 0.25) is 0 Å². The maximum atomic E-state index is 12.3. The molecule has 0 saturated carbocycles. The highest BCUT2D eigenvalue weighted by atomic mass is 16.5. The van der Waals surface area contributed by atoms with Crippen molar-refractivity contribution in [2.75, 3.05) is 32.9 Å². The van der Waals surface area contributed by atoms with Crippen LogP contribution in [0.3, 0.4) is 0 Å². The molecule has 4 heteroatoms. The lowest BCUT2D eigenvalue weighted by Crippen LogP contribution is -2.48. The van der Waals surface area contributed by atoms with Gasteiger partial charge in [0.15, 0.2) is 0 Å². The highest BCUT2D eigenvalue weighted by molar-refractivity contribution is 5.75. The van der Waals surface area contributed by atoms with Gasteiger partial charge in [0.25, 0.3) is 0 Å². The number of hydrogen-bond donors (Lipinski definition) is 0. The lowest BCUT2D eigenvalue weighted by molar-refractivity contribution is -0.151. The van der Waals surface area contributed by atoms with Crippen molar-refractivity contribution in [3.63, 3.8) is 0 Å². The van der Waals surface area contributed by atoms with E-state index in [2.05, 4.69) is 11.8 Å². The first kappa shape index (κ1) is 23.4. The van der Waals surface area contributed by atoms with Crippen molar-refractivity contribution in [3.8, 4) is 0 Å². The number of ether oxygens (including phenoxy) is 2. The zero-order valence-electron chi connectivity index (χ0n) is 17.5. The molecule has 0 aliphatic carbocycles. The van der Waals surface area contributed by atoms with Gasteiger partial charge in [0.1, 0.15) is 6.04 Å². The SMILES string of the molecule is CCCCCCCCCCCCCCC(C(=O)OCC)N1CCOCC1. The van der Waals surface area contributed by atoms with E-state index in [4.69, 9.17) is 9.47 Å². The number of unbranched alkanes of at least 4 members (excludes halogenated alkanes) is 11. The maximum absolute atomic E-state index is 12.3. The molecule has 1 atom stereocenters. The highest BCUT2D eigenvalue weighted by Crippen LogP contribution is 2.16. The standard InChI is InChI=1S/C22H43NO3/c1-3-5-6-7-8-9-10-11-12-13-14-15-16-21(22(24)26-4-2)23-17-19-25-20-18-23/h21H,3-20H2,1-2H3. The molecule has 4 nitrogen and oxygen atoms in total. The van der Waals surface area contributed by atoms with Crippen LogP contribution in [0.15, 0.2) is 0 Å². The third-order valence-corrected chi connectivity index (χ3v) is 5.38. The molecule has 1 unspecified atom stereocenters. The van der Waals surface area contributed by atoms with E-state index in [0.29, 0.717) is 6.61 Å². The molecule has 26 heavy (non-hydrogen) atoms. The minimum atomic E-state index is -0.0676. The van der Waals surface area contributed by atoms with Crippen LogP contribution in [-0.4, -0.2) is 49.8 Å². The van der Waals surface area contributed by atoms with Gasteiger partial charge in [0.2, 0.25) is 0 Å². The molecule has 1 heterocycles. The number of nitrogens with zero attached hydrogens (tertiary/aromatic N) is 1. The van der Waals surface area contributed by atoms with Crippen molar-refractivity contribution in [1.29, 1.82) is 0 Å². The van der Waals surface area contributed by atoms with Gasteiger partial charge in [0.05, 0.1) is 19.8 Å². The Hall–Kier alpha value is -0.610. The van der Waals surface area contributed by atoms with E-state index in [-0.39, 0.29) is 12.0 Å². The van der Waals surface area contributed by atoms with Crippen LogP contribution in [0.4, 0.5) is 0 Å². The Labute approximate surface area is 162 Å². The molecule has 0 amide bonds. The second-order valence-electron chi connectivity index (χ2n) is 7.59. The molecular weight excluding hydrogens is 326 g/mol. The number of morpholine rings is 1. The summed E-state index contributed by atoms with van der Waals surface area (Å²) >= 11 is 0. The topological polar surface area (TPSA) is 38.8 Å². The Morgan fingerprint density at radius 3 is 1.85 bits per heavy atom. The normalized spacial score (nSPS) is 16.5. The Balaban J connectivity index is 2.04. The number of carbonyl (C=O) groups excluding carboxylic acids is 1. The summed E-state index contributed by atoms with van der Waals surface area (Å²) in [6.07, 6.45) is 17.1. The minimum absolute atomic E-state index is 0.0440. The van der Waals surface area contributed by atoms with Gasteiger partial charge in [-0.15, -0.1) is 0 Å². The van der Waals surface area contributed by atoms with E-state index in [1.807, 2.05) is 6.92 Å². The number of esters is 1. The largest absolute Gasteiger partial charge is 0.465 e. The monoisotopic (exact) mass is 369 g/mol. The van der Waals surface area contributed by atoms with Gasteiger partial charge in [0, 0.05) is 13.1 Å². The van der Waals surface area contributed by atoms with Crippen LogP contribution in [-0.2, 0) is 14.3 Å². The van der Waals surface area contributed by atoms with Crippen molar-refractivity contribution in [2.45, 2.75) is 103 Å². The van der Waals surface area contributed by atoms with E-state index < -0.39 is 0 Å². The summed E-state index contributed by atoms with van der Waals surface area (Å²) in [5.41, 5.74) is 0. The van der Waals surface area contributed by atoms with Gasteiger partial charge >= 0.3 is 5.97 Å². The van der Waals surface area contributed by atoms with Crippen LogP contribution in [0.5, 0.6) is 0 Å². The molecule has 0 N–H and O–H groups in total. The van der Waals surface area contributed by atoms with Crippen LogP contribution in [0, 0.1) is 0 Å². The first-order valence-corrected chi connectivity index (χ1v) is 11.3. The molecule has 0 spiro atoms. The Bertz CT molecular complexity index is 329. The van der Waals surface area contributed by atoms with Crippen molar-refractivity contribution in [3.05, 3.63) is 0 Å². The fraction of sp³-hybridized carbons (Fsp3) is 0.955. The third kappa shape index (κ3) is 11.2. The van der Waals surface area contributed by atoms with Gasteiger partial charge < -0.3 is 9.47 Å². The summed E-state index contributed by atoms with van der Waals surface area (Å²) in [6, 6.07) is -0.0676. The van der Waals surface area contributed by atoms with E-state index in [0.717, 1.165) is 39.1 Å². The number of carbonyl (C=O) groups is 1. The Morgan fingerprint density at radius 1 is 0.846 bits per heavy atom. The molecule has 0 radical (unpaired) electrons. The lowest BCUT2D eigenvalue weighted by atomic mass is 10.0. The summed E-state index contributed by atoms with van der Waals surface area (Å²) in [6.45, 7) is 7.79. The highest BCUT2D eigenvalue weighted by Gasteiger charge is 2.27. The van der Waals surface area contributed by atoms with E-state index in [1.54, 1.807) is 0 Å². The molecular formula is C22H43NO3. The molecule has 0 aromatic heterocycles. The van der Waals surface area contributed by atoms with E-state index >= 15 is 0 Å². The summed E-state index contributed by atoms with van der Waals surface area (Å²) in [5, 5.41) is 0. The van der Waals surface area contributed by atoms with Crippen molar-refractivity contribution < 1.29 is 14.3 Å². The molecule has 1 aliphatic heterocycles. The van der Waals surface area contributed by atoms with E-state index in [9.17, 15) is 4.79 Å². The fourth-order valence-corrected chi connectivity index (χ4v) is 3.76. The second-order valence-corrected chi connectivity index (χ2v) is 7.59. The van der Waals surface area contributed by atoms with Gasteiger partial charge in [-0.05, 0) is 13.3 Å². The van der Waals surface area contributed by atoms with Crippen molar-refractivity contribution >= 4 is 5.97 Å². The zero-order valence-corrected chi connectivity index (χ0v) is 17.5. The predicted octanol–water partition coefficient (Wildman–Crippen LogP) is 5.34. The molecule has 1 rings (SSSR count). The molecule has 0 bridgehead atoms. The maximum Gasteiger partial charge on any atom is 0.323 e. The first-order chi connectivity index (χ1) is 12.8. The van der Waals surface area contributed by atoms with Crippen LogP contribution < -0.4 is 0 Å². The molecule has 0 aromatic rings. The van der Waals surface area contributed by atoms with Crippen LogP contribution in [0.25, 0.3) is 0 Å². The molecule has 154 valence electrons. The van der Waals surface area contributed by atoms with Gasteiger partial charge in [-0.1, -0.05) is 84.0 Å². The molecule has 1 saturated heterocycles. The summed E-state index contributed by atoms with van der Waals surface area (Å²) < 4.78 is 10.7. The third-order valence-electron chi connectivity index (χ3n) is 5.38. The van der Waals surface area contributed by atoms with Gasteiger partial charge in [-0.2, -0.15) is 0 Å². The predicted molar refractivity (Wildman–Crippen MR) is 109 cm³/mol. The molecule has 1 fully saturated rings. The van der Waals surface area contributed by atoms with Gasteiger partial charge in [-0.3, -0.25) is 9.69 Å². The molecule has 1 aliphatic rings. The average molecular weight is 370 g/mol. The average Bonchev–Trinajstić information content (AvgIpc) is 2.66.